The summed E-state index contributed by atoms with van der Waals surface area (Å²) in [6, 6.07) is 8.56. The Labute approximate surface area is 115 Å². The maximum atomic E-state index is 11.4. The third-order valence-electron chi connectivity index (χ3n) is 2.11. The molecule has 0 spiro atoms. The monoisotopic (exact) mass is 246 g/mol. The minimum atomic E-state index is -4.25. The largest absolute Gasteiger partial charge is 1.00 e. The minimum Gasteiger partial charge on any atom is -0.872 e. The maximum Gasteiger partial charge on any atom is 1.00 e. The van der Waals surface area contributed by atoms with Crippen LogP contribution in [0.5, 0.6) is 5.75 Å². The van der Waals surface area contributed by atoms with Gasteiger partial charge in [-0.3, -0.25) is 4.55 Å². The molecule has 4 nitrogen and oxygen atoms in total. The summed E-state index contributed by atoms with van der Waals surface area (Å²) in [5.41, 5.74) is 0. The number of benzene rings is 2. The smallest absolute Gasteiger partial charge is 0.872 e. The van der Waals surface area contributed by atoms with Crippen molar-refractivity contribution in [3.63, 3.8) is 0 Å². The van der Waals surface area contributed by atoms with E-state index in [2.05, 4.69) is 0 Å². The van der Waals surface area contributed by atoms with E-state index in [4.69, 9.17) is 4.55 Å². The van der Waals surface area contributed by atoms with Crippen molar-refractivity contribution in [1.82, 2.24) is 0 Å². The Bertz CT molecular complexity index is 622. The standard InChI is InChI=1S/C10H8O4S.Na/c11-10-3-1-2-7-4-5-8(6-9(7)10)15(12,13)14;/h1-6,11H,(H,12,13,14);/q;+1/p-1. The summed E-state index contributed by atoms with van der Waals surface area (Å²) in [4.78, 5) is -0.265. The van der Waals surface area contributed by atoms with Gasteiger partial charge in [0.05, 0.1) is 4.90 Å². The van der Waals surface area contributed by atoms with Crippen LogP contribution in [0, 0.1) is 0 Å². The Morgan fingerprint density at radius 3 is 2.44 bits per heavy atom. The molecule has 6 heteroatoms. The summed E-state index contributed by atoms with van der Waals surface area (Å²) < 4.78 is 30.5. The molecule has 0 heterocycles. The molecule has 2 aromatic carbocycles. The van der Waals surface area contributed by atoms with Crippen molar-refractivity contribution in [1.29, 1.82) is 0 Å². The molecule has 0 atom stereocenters. The van der Waals surface area contributed by atoms with Gasteiger partial charge in [0.2, 0.25) is 0 Å². The van der Waals surface area contributed by atoms with Gasteiger partial charge in [-0.15, -0.1) is 5.75 Å². The van der Waals surface area contributed by atoms with Crippen LogP contribution in [-0.2, 0) is 10.1 Å². The molecule has 0 bridgehead atoms. The Morgan fingerprint density at radius 2 is 1.81 bits per heavy atom. The van der Waals surface area contributed by atoms with Gasteiger partial charge >= 0.3 is 29.6 Å². The van der Waals surface area contributed by atoms with Crippen LogP contribution >= 0.6 is 0 Å². The van der Waals surface area contributed by atoms with E-state index in [1.54, 1.807) is 12.1 Å². The molecular weight excluding hydrogens is 239 g/mol. The molecule has 0 aliphatic carbocycles. The zero-order chi connectivity index (χ0) is 11.1. The molecule has 0 radical (unpaired) electrons. The summed E-state index contributed by atoms with van der Waals surface area (Å²) in [5.74, 6) is -0.266. The predicted molar refractivity (Wildman–Crippen MR) is 53.2 cm³/mol. The molecule has 0 fully saturated rings. The fourth-order valence-electron chi connectivity index (χ4n) is 1.38. The fourth-order valence-corrected chi connectivity index (χ4v) is 1.89. The molecule has 0 aromatic heterocycles. The maximum absolute atomic E-state index is 11.4. The molecule has 0 saturated heterocycles. The first kappa shape index (κ1) is 13.5. The van der Waals surface area contributed by atoms with Crippen LogP contribution in [0.25, 0.3) is 10.8 Å². The topological polar surface area (TPSA) is 77.4 Å². The molecule has 78 valence electrons. The van der Waals surface area contributed by atoms with Crippen molar-refractivity contribution >= 4 is 20.9 Å². The van der Waals surface area contributed by atoms with Crippen molar-refractivity contribution in [3.8, 4) is 5.75 Å². The van der Waals surface area contributed by atoms with Gasteiger partial charge in [-0.1, -0.05) is 24.3 Å². The normalized spacial score (nSPS) is 11.1. The van der Waals surface area contributed by atoms with Crippen LogP contribution in [0.2, 0.25) is 0 Å². The quantitative estimate of drug-likeness (QED) is 0.474. The van der Waals surface area contributed by atoms with E-state index in [1.807, 2.05) is 0 Å². The van der Waals surface area contributed by atoms with Crippen molar-refractivity contribution in [2.75, 3.05) is 0 Å². The van der Waals surface area contributed by atoms with E-state index in [0.29, 0.717) is 5.39 Å². The molecule has 2 rings (SSSR count). The zero-order valence-electron chi connectivity index (χ0n) is 8.54. The first-order valence-electron chi connectivity index (χ1n) is 4.16. The third kappa shape index (κ3) is 2.56. The van der Waals surface area contributed by atoms with E-state index < -0.39 is 10.1 Å². The number of hydrogen-bond donors (Lipinski definition) is 1. The summed E-state index contributed by atoms with van der Waals surface area (Å²) in [7, 11) is -4.25. The van der Waals surface area contributed by atoms with Crippen LogP contribution in [0.3, 0.4) is 0 Å². The van der Waals surface area contributed by atoms with Crippen molar-refractivity contribution in [2.24, 2.45) is 0 Å². The molecule has 0 aliphatic rings. The molecule has 0 amide bonds. The summed E-state index contributed by atoms with van der Waals surface area (Å²) >= 11 is 0. The van der Waals surface area contributed by atoms with Gasteiger partial charge in [0, 0.05) is 0 Å². The SMILES string of the molecule is O=S(=O)(O)c1ccc2cccc([O-])c2c1.[Na+]. The van der Waals surface area contributed by atoms with Gasteiger partial charge in [0.15, 0.2) is 0 Å². The number of hydrogen-bond acceptors (Lipinski definition) is 3. The second-order valence-corrected chi connectivity index (χ2v) is 4.54. The molecule has 0 aliphatic heterocycles. The Kier molecular flexibility index (Phi) is 3.98. The first-order valence-corrected chi connectivity index (χ1v) is 5.60. The van der Waals surface area contributed by atoms with Gasteiger partial charge in [0.1, 0.15) is 0 Å². The van der Waals surface area contributed by atoms with Gasteiger partial charge < -0.3 is 5.11 Å². The van der Waals surface area contributed by atoms with Crippen LogP contribution in [0.1, 0.15) is 0 Å². The summed E-state index contributed by atoms with van der Waals surface area (Å²) in [5, 5.41) is 12.3. The van der Waals surface area contributed by atoms with Crippen LogP contribution in [0.15, 0.2) is 41.3 Å². The van der Waals surface area contributed by atoms with Gasteiger partial charge in [-0.2, -0.15) is 8.42 Å². The zero-order valence-corrected chi connectivity index (χ0v) is 11.4. The van der Waals surface area contributed by atoms with Crippen molar-refractivity contribution in [3.05, 3.63) is 36.4 Å². The van der Waals surface area contributed by atoms with Crippen LogP contribution in [0.4, 0.5) is 0 Å². The van der Waals surface area contributed by atoms with E-state index in [9.17, 15) is 13.5 Å². The summed E-state index contributed by atoms with van der Waals surface area (Å²) in [6.45, 7) is 0. The van der Waals surface area contributed by atoms with Crippen LogP contribution < -0.4 is 34.7 Å². The van der Waals surface area contributed by atoms with Gasteiger partial charge in [0.25, 0.3) is 10.1 Å². The third-order valence-corrected chi connectivity index (χ3v) is 2.96. The van der Waals surface area contributed by atoms with E-state index in [1.165, 1.54) is 24.3 Å². The van der Waals surface area contributed by atoms with Crippen molar-refractivity contribution in [2.45, 2.75) is 4.90 Å². The Balaban J connectivity index is 0.00000128. The summed E-state index contributed by atoms with van der Waals surface area (Å²) in [6.07, 6.45) is 0. The van der Waals surface area contributed by atoms with E-state index in [0.717, 1.165) is 0 Å². The number of rotatable bonds is 1. The second kappa shape index (κ2) is 4.73. The fraction of sp³-hybridized carbons (Fsp3) is 0. The molecule has 2 aromatic rings. The average Bonchev–Trinajstić information content (AvgIpc) is 2.16. The molecule has 0 saturated carbocycles. The Morgan fingerprint density at radius 1 is 1.12 bits per heavy atom. The van der Waals surface area contributed by atoms with Crippen molar-refractivity contribution < 1.29 is 47.6 Å². The van der Waals surface area contributed by atoms with Crippen LogP contribution in [-0.4, -0.2) is 13.0 Å². The molecular formula is C10H7NaO4S. The molecule has 0 unspecified atom stereocenters. The predicted octanol–water partition coefficient (Wildman–Crippen LogP) is -1.84. The molecule has 16 heavy (non-hydrogen) atoms. The van der Waals surface area contributed by atoms with E-state index in [-0.39, 0.29) is 45.6 Å². The van der Waals surface area contributed by atoms with Gasteiger partial charge in [-0.25, -0.2) is 0 Å². The minimum absolute atomic E-state index is 0. The van der Waals surface area contributed by atoms with E-state index >= 15 is 0 Å². The molecule has 1 N–H and O–H groups in total. The Hall–Kier alpha value is -0.590. The van der Waals surface area contributed by atoms with Gasteiger partial charge in [-0.05, 0) is 22.9 Å². The second-order valence-electron chi connectivity index (χ2n) is 3.11. The first-order chi connectivity index (χ1) is 6.98. The average molecular weight is 246 g/mol. The number of fused-ring (bicyclic) bond motifs is 1.